The molecule has 4 heteroatoms. The first kappa shape index (κ1) is 15.0. The van der Waals surface area contributed by atoms with Crippen LogP contribution in [0.15, 0.2) is 53.5 Å². The van der Waals surface area contributed by atoms with Crippen molar-refractivity contribution in [2.75, 3.05) is 5.32 Å². The maximum absolute atomic E-state index is 12.6. The quantitative estimate of drug-likeness (QED) is 0.789. The van der Waals surface area contributed by atoms with Gasteiger partial charge in [0.15, 0.2) is 0 Å². The number of benzene rings is 2. The van der Waals surface area contributed by atoms with E-state index in [0.29, 0.717) is 5.39 Å². The molecule has 1 heterocycles. The van der Waals surface area contributed by atoms with Gasteiger partial charge in [0.2, 0.25) is 5.43 Å². The molecule has 1 amide bonds. The Labute approximate surface area is 134 Å². The minimum Gasteiger partial charge on any atom is -0.350 e. The zero-order valence-corrected chi connectivity index (χ0v) is 13.4. The molecule has 0 saturated heterocycles. The van der Waals surface area contributed by atoms with E-state index in [1.165, 1.54) is 0 Å². The van der Waals surface area contributed by atoms with Crippen LogP contribution in [0.2, 0.25) is 0 Å². The second-order valence-electron chi connectivity index (χ2n) is 5.72. The lowest BCUT2D eigenvalue weighted by atomic mass is 10.1. The summed E-state index contributed by atoms with van der Waals surface area (Å²) in [5.41, 5.74) is 3.40. The van der Waals surface area contributed by atoms with Crippen LogP contribution < -0.4 is 10.7 Å². The molecule has 0 bridgehead atoms. The van der Waals surface area contributed by atoms with Crippen LogP contribution in [0.4, 0.5) is 5.69 Å². The van der Waals surface area contributed by atoms with Crippen LogP contribution in [0.3, 0.4) is 0 Å². The summed E-state index contributed by atoms with van der Waals surface area (Å²) in [7, 11) is 1.83. The molecule has 0 atom stereocenters. The highest BCUT2D eigenvalue weighted by molar-refractivity contribution is 6.06. The summed E-state index contributed by atoms with van der Waals surface area (Å²) in [5.74, 6) is -0.381. The molecule has 0 aliphatic heterocycles. The molecule has 0 radical (unpaired) electrons. The first-order valence-corrected chi connectivity index (χ1v) is 7.45. The van der Waals surface area contributed by atoms with E-state index < -0.39 is 0 Å². The number of hydrogen-bond acceptors (Lipinski definition) is 2. The van der Waals surface area contributed by atoms with E-state index in [1.54, 1.807) is 22.9 Å². The second-order valence-corrected chi connectivity index (χ2v) is 5.72. The highest BCUT2D eigenvalue weighted by atomic mass is 16.2. The number of aromatic nitrogens is 1. The van der Waals surface area contributed by atoms with Crippen molar-refractivity contribution < 1.29 is 4.79 Å². The van der Waals surface area contributed by atoms with E-state index in [9.17, 15) is 9.59 Å². The molecule has 116 valence electrons. The number of carbonyl (C=O) groups excluding carboxylic acids is 1. The molecule has 2 aromatic carbocycles. The Morgan fingerprint density at radius 3 is 2.35 bits per heavy atom. The largest absolute Gasteiger partial charge is 0.350 e. The minimum absolute atomic E-state index is 0.147. The van der Waals surface area contributed by atoms with Gasteiger partial charge in [-0.3, -0.25) is 9.59 Å². The van der Waals surface area contributed by atoms with Gasteiger partial charge in [-0.15, -0.1) is 0 Å². The van der Waals surface area contributed by atoms with Crippen molar-refractivity contribution in [2.24, 2.45) is 7.05 Å². The van der Waals surface area contributed by atoms with Gasteiger partial charge in [-0.25, -0.2) is 0 Å². The molecule has 0 aliphatic rings. The fourth-order valence-corrected chi connectivity index (χ4v) is 2.79. The topological polar surface area (TPSA) is 51.1 Å². The van der Waals surface area contributed by atoms with Gasteiger partial charge >= 0.3 is 0 Å². The maximum atomic E-state index is 12.6. The summed E-state index contributed by atoms with van der Waals surface area (Å²) in [4.78, 5) is 25.2. The van der Waals surface area contributed by atoms with E-state index in [0.717, 1.165) is 22.3 Å². The Hall–Kier alpha value is -2.88. The summed E-state index contributed by atoms with van der Waals surface area (Å²) in [6.45, 7) is 3.86. The lowest BCUT2D eigenvalue weighted by molar-refractivity contribution is 0.102. The number of amides is 1. The standard InChI is InChI=1S/C19H18N2O2/c1-12-7-6-8-13(2)17(12)20-19(23)15-11-21(3)16-10-5-4-9-14(16)18(15)22/h4-11H,1-3H3,(H,20,23). The van der Waals surface area contributed by atoms with E-state index >= 15 is 0 Å². The molecule has 1 N–H and O–H groups in total. The Morgan fingerprint density at radius 2 is 1.65 bits per heavy atom. The Kier molecular flexibility index (Phi) is 3.74. The van der Waals surface area contributed by atoms with Gasteiger partial charge in [0.05, 0.1) is 5.52 Å². The van der Waals surface area contributed by atoms with Gasteiger partial charge in [0, 0.05) is 24.3 Å². The van der Waals surface area contributed by atoms with Crippen molar-refractivity contribution in [1.82, 2.24) is 4.57 Å². The molecule has 0 aliphatic carbocycles. The van der Waals surface area contributed by atoms with Crippen molar-refractivity contribution in [1.29, 1.82) is 0 Å². The Bertz CT molecular complexity index is 951. The number of nitrogens with zero attached hydrogens (tertiary/aromatic N) is 1. The summed E-state index contributed by atoms with van der Waals surface area (Å²) >= 11 is 0. The fraction of sp³-hybridized carbons (Fsp3) is 0.158. The first-order valence-electron chi connectivity index (χ1n) is 7.45. The first-order chi connectivity index (χ1) is 11.0. The third-order valence-electron chi connectivity index (χ3n) is 4.06. The van der Waals surface area contributed by atoms with Crippen LogP contribution >= 0.6 is 0 Å². The van der Waals surface area contributed by atoms with E-state index in [4.69, 9.17) is 0 Å². The molecule has 0 spiro atoms. The maximum Gasteiger partial charge on any atom is 0.261 e. The van der Waals surface area contributed by atoms with E-state index in [-0.39, 0.29) is 16.9 Å². The van der Waals surface area contributed by atoms with Crippen molar-refractivity contribution in [2.45, 2.75) is 13.8 Å². The Morgan fingerprint density at radius 1 is 1.00 bits per heavy atom. The van der Waals surface area contributed by atoms with E-state index in [2.05, 4.69) is 5.32 Å². The number of nitrogens with one attached hydrogen (secondary N) is 1. The molecule has 23 heavy (non-hydrogen) atoms. The molecule has 4 nitrogen and oxygen atoms in total. The van der Waals surface area contributed by atoms with Crippen molar-refractivity contribution in [3.63, 3.8) is 0 Å². The summed E-state index contributed by atoms with van der Waals surface area (Å²) in [6, 6.07) is 13.1. The number of para-hydroxylation sites is 2. The van der Waals surface area contributed by atoms with Crippen molar-refractivity contribution >= 4 is 22.5 Å². The molecule has 0 fully saturated rings. The number of hydrogen-bond donors (Lipinski definition) is 1. The molecular weight excluding hydrogens is 288 g/mol. The van der Waals surface area contributed by atoms with Crippen molar-refractivity contribution in [3.8, 4) is 0 Å². The minimum atomic E-state index is -0.381. The average molecular weight is 306 g/mol. The molecule has 0 unspecified atom stereocenters. The van der Waals surface area contributed by atoms with Crippen LogP contribution in [-0.2, 0) is 7.05 Å². The monoisotopic (exact) mass is 306 g/mol. The summed E-state index contributed by atoms with van der Waals surface area (Å²) in [5, 5.41) is 3.42. The average Bonchev–Trinajstić information content (AvgIpc) is 2.54. The molecule has 3 rings (SSSR count). The van der Waals surface area contributed by atoms with Crippen LogP contribution in [0.1, 0.15) is 21.5 Å². The third kappa shape index (κ3) is 2.63. The molecular formula is C19H18N2O2. The van der Waals surface area contributed by atoms with Crippen LogP contribution in [0.5, 0.6) is 0 Å². The van der Waals surface area contributed by atoms with Gasteiger partial charge in [-0.2, -0.15) is 0 Å². The van der Waals surface area contributed by atoms with Gasteiger partial charge in [0.25, 0.3) is 5.91 Å². The normalized spacial score (nSPS) is 10.7. The smallest absolute Gasteiger partial charge is 0.261 e. The van der Waals surface area contributed by atoms with Gasteiger partial charge in [-0.05, 0) is 37.1 Å². The van der Waals surface area contributed by atoms with Gasteiger partial charge in [-0.1, -0.05) is 30.3 Å². The number of anilines is 1. The van der Waals surface area contributed by atoms with Gasteiger partial charge < -0.3 is 9.88 Å². The predicted molar refractivity (Wildman–Crippen MR) is 93.1 cm³/mol. The zero-order chi connectivity index (χ0) is 16.6. The number of rotatable bonds is 2. The number of pyridine rings is 1. The highest BCUT2D eigenvalue weighted by Gasteiger charge is 2.16. The van der Waals surface area contributed by atoms with Crippen LogP contribution in [-0.4, -0.2) is 10.5 Å². The summed E-state index contributed by atoms with van der Waals surface area (Å²) < 4.78 is 1.80. The van der Waals surface area contributed by atoms with Crippen LogP contribution in [0, 0.1) is 13.8 Å². The molecule has 3 aromatic rings. The number of carbonyl (C=O) groups is 1. The van der Waals surface area contributed by atoms with E-state index in [1.807, 2.05) is 51.2 Å². The lowest BCUT2D eigenvalue weighted by Gasteiger charge is -2.13. The molecule has 0 saturated carbocycles. The SMILES string of the molecule is Cc1cccc(C)c1NC(=O)c1cn(C)c2ccccc2c1=O. The predicted octanol–water partition coefficient (Wildman–Crippen LogP) is 3.41. The van der Waals surface area contributed by atoms with Crippen LogP contribution in [0.25, 0.3) is 10.9 Å². The van der Waals surface area contributed by atoms with Gasteiger partial charge in [0.1, 0.15) is 5.56 Å². The Balaban J connectivity index is 2.09. The summed E-state index contributed by atoms with van der Waals surface area (Å²) in [6.07, 6.45) is 1.59. The zero-order valence-electron chi connectivity index (χ0n) is 13.4. The third-order valence-corrected chi connectivity index (χ3v) is 4.06. The molecule has 1 aromatic heterocycles. The second kappa shape index (κ2) is 5.72. The number of fused-ring (bicyclic) bond motifs is 1. The fourth-order valence-electron chi connectivity index (χ4n) is 2.79. The lowest BCUT2D eigenvalue weighted by Crippen LogP contribution is -2.24. The highest BCUT2D eigenvalue weighted by Crippen LogP contribution is 2.20. The van der Waals surface area contributed by atoms with Crippen molar-refractivity contribution in [3.05, 3.63) is 75.6 Å². The number of aryl methyl sites for hydroxylation is 3.